The van der Waals surface area contributed by atoms with E-state index >= 15 is 0 Å². The Bertz CT molecular complexity index is 196. The minimum atomic E-state index is -5.35. The lowest BCUT2D eigenvalue weighted by molar-refractivity contribution is -0.0539. The van der Waals surface area contributed by atoms with Gasteiger partial charge in [0.05, 0.1) is 6.61 Å². The molecular weight excluding hydrogens is 187 g/mol. The third kappa shape index (κ3) is 3.54. The van der Waals surface area contributed by atoms with Gasteiger partial charge >= 0.3 is 15.6 Å². The first-order chi connectivity index (χ1) is 4.31. The van der Waals surface area contributed by atoms with Gasteiger partial charge in [-0.1, -0.05) is 0 Å². The van der Waals surface area contributed by atoms with Gasteiger partial charge in [0, 0.05) is 0 Å². The van der Waals surface area contributed by atoms with E-state index in [9.17, 15) is 21.6 Å². The van der Waals surface area contributed by atoms with Crippen LogP contribution < -0.4 is 6.15 Å². The topological polar surface area (TPSA) is 78.4 Å². The first-order valence-electron chi connectivity index (χ1n) is 2.27. The Morgan fingerprint density at radius 1 is 1.36 bits per heavy atom. The second-order valence-electron chi connectivity index (χ2n) is 1.31. The molecule has 70 valence electrons. The monoisotopic (exact) mass is 195 g/mol. The van der Waals surface area contributed by atoms with Gasteiger partial charge in [0.2, 0.25) is 0 Å². The van der Waals surface area contributed by atoms with Crippen LogP contribution in [0.2, 0.25) is 0 Å². The van der Waals surface area contributed by atoms with Gasteiger partial charge in [0.25, 0.3) is 0 Å². The molecule has 0 aromatic heterocycles. The Kier molecular flexibility index (Phi) is 4.68. The largest absolute Gasteiger partial charge is 0.523 e. The van der Waals surface area contributed by atoms with Gasteiger partial charge in [-0.25, -0.2) is 0 Å². The fourth-order valence-electron chi connectivity index (χ4n) is 0.222. The molecule has 0 aromatic carbocycles. The number of alkyl halides is 3. The molecule has 0 amide bonds. The molecule has 0 unspecified atom stereocenters. The van der Waals surface area contributed by atoms with Crippen LogP contribution in [0.1, 0.15) is 6.92 Å². The van der Waals surface area contributed by atoms with E-state index in [2.05, 4.69) is 4.18 Å². The lowest BCUT2D eigenvalue weighted by Gasteiger charge is -2.05. The summed E-state index contributed by atoms with van der Waals surface area (Å²) in [6, 6.07) is 0. The van der Waals surface area contributed by atoms with Gasteiger partial charge in [0.1, 0.15) is 0 Å². The molecule has 0 aliphatic carbocycles. The summed E-state index contributed by atoms with van der Waals surface area (Å²) in [4.78, 5) is 0. The molecule has 8 heteroatoms. The van der Waals surface area contributed by atoms with E-state index in [0.717, 1.165) is 6.92 Å². The average molecular weight is 195 g/mol. The number of hydrogen-bond acceptors (Lipinski definition) is 4. The molecule has 3 N–H and O–H groups in total. The average Bonchev–Trinajstić information content (AvgIpc) is 1.61. The van der Waals surface area contributed by atoms with E-state index < -0.39 is 22.2 Å². The molecule has 0 aliphatic rings. The highest BCUT2D eigenvalue weighted by Gasteiger charge is 2.46. The van der Waals surface area contributed by atoms with E-state index in [1.165, 1.54) is 0 Å². The summed E-state index contributed by atoms with van der Waals surface area (Å²) in [6.45, 7) is 0.644. The van der Waals surface area contributed by atoms with Crippen LogP contribution in [0.4, 0.5) is 13.2 Å². The Morgan fingerprint density at radius 3 is 1.82 bits per heavy atom. The molecule has 0 saturated carbocycles. The highest BCUT2D eigenvalue weighted by molar-refractivity contribution is 7.87. The van der Waals surface area contributed by atoms with Gasteiger partial charge in [-0.05, 0) is 6.92 Å². The summed E-state index contributed by atoms with van der Waals surface area (Å²) in [5, 5.41) is 0. The molecule has 0 bridgehead atoms. The van der Waals surface area contributed by atoms with Crippen molar-refractivity contribution in [2.24, 2.45) is 0 Å². The van der Waals surface area contributed by atoms with Crippen molar-refractivity contribution in [3.05, 3.63) is 0 Å². The van der Waals surface area contributed by atoms with Crippen molar-refractivity contribution < 1.29 is 25.8 Å². The third-order valence-corrected chi connectivity index (χ3v) is 1.67. The Morgan fingerprint density at radius 2 is 1.73 bits per heavy atom. The van der Waals surface area contributed by atoms with Gasteiger partial charge in [0.15, 0.2) is 0 Å². The van der Waals surface area contributed by atoms with Crippen molar-refractivity contribution in [1.82, 2.24) is 6.15 Å². The molecular formula is C3H8F3NO3S. The van der Waals surface area contributed by atoms with E-state index in [0.29, 0.717) is 0 Å². The lowest BCUT2D eigenvalue weighted by Crippen LogP contribution is -2.25. The summed E-state index contributed by atoms with van der Waals surface area (Å²) in [5.74, 6) is 0. The number of halogens is 3. The molecule has 0 atom stereocenters. The zero-order valence-electron chi connectivity index (χ0n) is 5.68. The van der Waals surface area contributed by atoms with E-state index in [1.54, 1.807) is 0 Å². The zero-order valence-corrected chi connectivity index (χ0v) is 6.50. The van der Waals surface area contributed by atoms with Crippen LogP contribution in [-0.4, -0.2) is 20.5 Å². The van der Waals surface area contributed by atoms with Gasteiger partial charge < -0.3 is 6.15 Å². The SMILES string of the molecule is CCOS(=O)(=O)C(F)(F)F.N. The minimum Gasteiger partial charge on any atom is -0.344 e. The predicted octanol–water partition coefficient (Wildman–Crippen LogP) is 1.03. The maximum Gasteiger partial charge on any atom is 0.523 e. The van der Waals surface area contributed by atoms with Crippen molar-refractivity contribution in [2.45, 2.75) is 12.4 Å². The van der Waals surface area contributed by atoms with Gasteiger partial charge in [-0.3, -0.25) is 4.18 Å². The van der Waals surface area contributed by atoms with E-state index in [4.69, 9.17) is 0 Å². The fraction of sp³-hybridized carbons (Fsp3) is 1.00. The molecule has 0 aromatic rings. The van der Waals surface area contributed by atoms with Crippen LogP contribution in [0.3, 0.4) is 0 Å². The molecule has 0 aliphatic heterocycles. The van der Waals surface area contributed by atoms with E-state index in [1.807, 2.05) is 0 Å². The first kappa shape index (κ1) is 13.3. The summed E-state index contributed by atoms with van der Waals surface area (Å²) in [6.07, 6.45) is 0. The van der Waals surface area contributed by atoms with Crippen molar-refractivity contribution in [1.29, 1.82) is 0 Å². The molecule has 0 saturated heterocycles. The Labute approximate surface area is 62.0 Å². The normalized spacial score (nSPS) is 12.4. The molecule has 0 heterocycles. The molecule has 11 heavy (non-hydrogen) atoms. The minimum absolute atomic E-state index is 0. The fourth-order valence-corrected chi connectivity index (χ4v) is 0.666. The van der Waals surface area contributed by atoms with Crippen molar-refractivity contribution in [2.75, 3.05) is 6.61 Å². The smallest absolute Gasteiger partial charge is 0.344 e. The molecule has 4 nitrogen and oxygen atoms in total. The maximum atomic E-state index is 11.3. The zero-order chi connectivity index (χ0) is 8.41. The molecule has 0 rings (SSSR count). The van der Waals surface area contributed by atoms with Crippen LogP contribution in [0.5, 0.6) is 0 Å². The predicted molar refractivity (Wildman–Crippen MR) is 31.6 cm³/mol. The van der Waals surface area contributed by atoms with Crippen LogP contribution in [0.25, 0.3) is 0 Å². The van der Waals surface area contributed by atoms with Gasteiger partial charge in [-0.15, -0.1) is 0 Å². The van der Waals surface area contributed by atoms with Crippen molar-refractivity contribution in [3.8, 4) is 0 Å². The summed E-state index contributed by atoms with van der Waals surface area (Å²) in [5.41, 5.74) is -5.30. The number of hydrogen-bond donors (Lipinski definition) is 1. The van der Waals surface area contributed by atoms with Crippen LogP contribution in [0.15, 0.2) is 0 Å². The summed E-state index contributed by atoms with van der Waals surface area (Å²) < 4.78 is 57.2. The lowest BCUT2D eigenvalue weighted by atomic mass is 10.9. The van der Waals surface area contributed by atoms with Crippen molar-refractivity contribution in [3.63, 3.8) is 0 Å². The third-order valence-electron chi connectivity index (χ3n) is 0.556. The van der Waals surface area contributed by atoms with E-state index in [-0.39, 0.29) is 6.15 Å². The highest BCUT2D eigenvalue weighted by atomic mass is 32.2. The second-order valence-corrected chi connectivity index (χ2v) is 2.91. The summed E-state index contributed by atoms with van der Waals surface area (Å²) in [7, 11) is -5.35. The second kappa shape index (κ2) is 3.88. The molecule has 0 fully saturated rings. The van der Waals surface area contributed by atoms with Gasteiger partial charge in [-0.2, -0.15) is 21.6 Å². The summed E-state index contributed by atoms with van der Waals surface area (Å²) >= 11 is 0. The van der Waals surface area contributed by atoms with Crippen molar-refractivity contribution >= 4 is 10.1 Å². The maximum absolute atomic E-state index is 11.3. The molecule has 0 spiro atoms. The standard InChI is InChI=1S/C3H5F3O3S.H3N/c1-2-9-10(7,8)3(4,5)6;/h2H2,1H3;1H3. The van der Waals surface area contributed by atoms with Crippen LogP contribution in [0, 0.1) is 0 Å². The van der Waals surface area contributed by atoms with Crippen LogP contribution in [-0.2, 0) is 14.3 Å². The highest BCUT2D eigenvalue weighted by Crippen LogP contribution is 2.24. The Hall–Kier alpha value is -0.340. The number of rotatable bonds is 2. The molecule has 0 radical (unpaired) electrons. The Balaban J connectivity index is 0. The first-order valence-corrected chi connectivity index (χ1v) is 3.68. The quantitative estimate of drug-likeness (QED) is 0.527. The van der Waals surface area contributed by atoms with Crippen LogP contribution >= 0.6 is 0 Å².